The van der Waals surface area contributed by atoms with Gasteiger partial charge >= 0.3 is 5.97 Å². The minimum atomic E-state index is -1.03. The van der Waals surface area contributed by atoms with Gasteiger partial charge in [0.05, 0.1) is 4.47 Å². The Morgan fingerprint density at radius 1 is 1.53 bits per heavy atom. The number of halogens is 1. The molecule has 0 spiro atoms. The van der Waals surface area contributed by atoms with Crippen LogP contribution in [0.25, 0.3) is 0 Å². The van der Waals surface area contributed by atoms with Crippen molar-refractivity contribution in [2.75, 3.05) is 0 Å². The van der Waals surface area contributed by atoms with Gasteiger partial charge in [-0.1, -0.05) is 6.07 Å². The molecule has 7 heteroatoms. The summed E-state index contributed by atoms with van der Waals surface area (Å²) < 4.78 is 7.85. The van der Waals surface area contributed by atoms with Gasteiger partial charge in [0.25, 0.3) is 0 Å². The third-order valence-corrected chi connectivity index (χ3v) is 3.16. The number of aromatic carboxylic acids is 1. The van der Waals surface area contributed by atoms with Crippen LogP contribution in [-0.2, 0) is 13.2 Å². The van der Waals surface area contributed by atoms with Crippen LogP contribution in [0.3, 0.4) is 0 Å². The summed E-state index contributed by atoms with van der Waals surface area (Å²) in [5.74, 6) is -0.0940. The summed E-state index contributed by atoms with van der Waals surface area (Å²) in [4.78, 5) is 15.2. The number of carboxylic acid groups (broad SMARTS) is 1. The molecule has 0 aliphatic heterocycles. The lowest BCUT2D eigenvalue weighted by atomic mass is 10.2. The SMILES string of the molecule is CCn1ncnc1COc1c(Br)cccc1C(=O)O. The Labute approximate surface area is 118 Å². The fourth-order valence-corrected chi connectivity index (χ4v) is 2.11. The molecule has 0 fully saturated rings. The Morgan fingerprint density at radius 2 is 2.32 bits per heavy atom. The number of rotatable bonds is 5. The zero-order chi connectivity index (χ0) is 13.8. The smallest absolute Gasteiger partial charge is 0.339 e. The first-order chi connectivity index (χ1) is 9.13. The Kier molecular flexibility index (Phi) is 4.16. The second-order valence-corrected chi connectivity index (χ2v) is 4.56. The molecule has 6 nitrogen and oxygen atoms in total. The first-order valence-electron chi connectivity index (χ1n) is 5.64. The molecule has 1 heterocycles. The number of aryl methyl sites for hydroxylation is 1. The van der Waals surface area contributed by atoms with Crippen LogP contribution in [0.2, 0.25) is 0 Å². The number of hydrogen-bond donors (Lipinski definition) is 1. The van der Waals surface area contributed by atoms with Gasteiger partial charge in [-0.15, -0.1) is 0 Å². The molecule has 0 saturated heterocycles. The average molecular weight is 326 g/mol. The van der Waals surface area contributed by atoms with Crippen molar-refractivity contribution in [2.24, 2.45) is 0 Å². The van der Waals surface area contributed by atoms with Crippen LogP contribution < -0.4 is 4.74 Å². The molecule has 2 rings (SSSR count). The Morgan fingerprint density at radius 3 is 3.00 bits per heavy atom. The molecule has 0 bridgehead atoms. The topological polar surface area (TPSA) is 77.2 Å². The number of para-hydroxylation sites is 1. The van der Waals surface area contributed by atoms with Crippen LogP contribution >= 0.6 is 15.9 Å². The summed E-state index contributed by atoms with van der Waals surface area (Å²) in [5.41, 5.74) is 0.108. The predicted octanol–water partition coefficient (Wildman–Crippen LogP) is 2.34. The predicted molar refractivity (Wildman–Crippen MR) is 71.1 cm³/mol. The van der Waals surface area contributed by atoms with Crippen LogP contribution in [0.4, 0.5) is 0 Å². The van der Waals surface area contributed by atoms with Crippen LogP contribution in [0.5, 0.6) is 5.75 Å². The van der Waals surface area contributed by atoms with E-state index in [0.29, 0.717) is 22.6 Å². The van der Waals surface area contributed by atoms with Crippen molar-refractivity contribution in [2.45, 2.75) is 20.1 Å². The quantitative estimate of drug-likeness (QED) is 0.912. The molecule has 0 aliphatic carbocycles. The van der Waals surface area contributed by atoms with E-state index >= 15 is 0 Å². The first kappa shape index (κ1) is 13.5. The van der Waals surface area contributed by atoms with Gasteiger partial charge in [-0.2, -0.15) is 5.10 Å². The van der Waals surface area contributed by atoms with Crippen molar-refractivity contribution < 1.29 is 14.6 Å². The number of nitrogens with zero attached hydrogens (tertiary/aromatic N) is 3. The number of hydrogen-bond acceptors (Lipinski definition) is 4. The largest absolute Gasteiger partial charge is 0.484 e. The van der Waals surface area contributed by atoms with E-state index in [1.165, 1.54) is 12.4 Å². The van der Waals surface area contributed by atoms with Crippen LogP contribution in [0.1, 0.15) is 23.1 Å². The maximum absolute atomic E-state index is 11.1. The van der Waals surface area contributed by atoms with Gasteiger partial charge in [0.15, 0.2) is 5.82 Å². The van der Waals surface area contributed by atoms with Crippen LogP contribution in [-0.4, -0.2) is 25.8 Å². The second-order valence-electron chi connectivity index (χ2n) is 3.70. The molecule has 0 aliphatic rings. The standard InChI is InChI=1S/C12H12BrN3O3/c1-2-16-10(14-7-15-16)6-19-11-8(12(17)18)4-3-5-9(11)13/h3-5,7H,2,6H2,1H3,(H,17,18). The summed E-state index contributed by atoms with van der Waals surface area (Å²) in [6.07, 6.45) is 1.44. The van der Waals surface area contributed by atoms with Gasteiger partial charge in [-0.05, 0) is 35.0 Å². The van der Waals surface area contributed by atoms with Crippen LogP contribution in [0.15, 0.2) is 29.0 Å². The normalized spacial score (nSPS) is 10.4. The maximum atomic E-state index is 11.1. The molecule has 1 aromatic heterocycles. The maximum Gasteiger partial charge on any atom is 0.339 e. The zero-order valence-corrected chi connectivity index (χ0v) is 11.8. The van der Waals surface area contributed by atoms with Crippen molar-refractivity contribution in [3.63, 3.8) is 0 Å². The van der Waals surface area contributed by atoms with E-state index in [-0.39, 0.29) is 12.2 Å². The van der Waals surface area contributed by atoms with Gasteiger partial charge in [0, 0.05) is 6.54 Å². The molecule has 1 N–H and O–H groups in total. The highest BCUT2D eigenvalue weighted by Crippen LogP contribution is 2.29. The fraction of sp³-hybridized carbons (Fsp3) is 0.250. The molecule has 100 valence electrons. The van der Waals surface area contributed by atoms with Gasteiger partial charge in [-0.25, -0.2) is 14.5 Å². The summed E-state index contributed by atoms with van der Waals surface area (Å²) in [5, 5.41) is 13.1. The molecule has 1 aromatic carbocycles. The molecular weight excluding hydrogens is 314 g/mol. The van der Waals surface area contributed by atoms with Crippen molar-refractivity contribution in [3.05, 3.63) is 40.4 Å². The van der Waals surface area contributed by atoms with Crippen molar-refractivity contribution >= 4 is 21.9 Å². The minimum Gasteiger partial charge on any atom is -0.484 e. The zero-order valence-electron chi connectivity index (χ0n) is 10.2. The van der Waals surface area contributed by atoms with E-state index in [9.17, 15) is 4.79 Å². The summed E-state index contributed by atoms with van der Waals surface area (Å²) >= 11 is 3.28. The van der Waals surface area contributed by atoms with E-state index in [1.54, 1.807) is 16.8 Å². The lowest BCUT2D eigenvalue weighted by Gasteiger charge is -2.10. The first-order valence-corrected chi connectivity index (χ1v) is 6.44. The van der Waals surface area contributed by atoms with Crippen molar-refractivity contribution in [1.82, 2.24) is 14.8 Å². The average Bonchev–Trinajstić information content (AvgIpc) is 2.84. The van der Waals surface area contributed by atoms with Gasteiger partial charge in [0.2, 0.25) is 0 Å². The number of benzene rings is 1. The third kappa shape index (κ3) is 2.93. The molecule has 0 atom stereocenters. The second kappa shape index (κ2) is 5.83. The van der Waals surface area contributed by atoms with E-state index in [2.05, 4.69) is 26.0 Å². The van der Waals surface area contributed by atoms with Crippen molar-refractivity contribution in [1.29, 1.82) is 0 Å². The molecule has 0 amide bonds. The number of aromatic nitrogens is 3. The van der Waals surface area contributed by atoms with E-state index in [1.807, 2.05) is 6.92 Å². The molecule has 0 unspecified atom stereocenters. The summed E-state index contributed by atoms with van der Waals surface area (Å²) in [6.45, 7) is 2.79. The number of ether oxygens (including phenoxy) is 1. The Balaban J connectivity index is 2.22. The van der Waals surface area contributed by atoms with Crippen molar-refractivity contribution in [3.8, 4) is 5.75 Å². The lowest BCUT2D eigenvalue weighted by molar-refractivity contribution is 0.0691. The van der Waals surface area contributed by atoms with Crippen LogP contribution in [0, 0.1) is 0 Å². The molecule has 0 radical (unpaired) electrons. The van der Waals surface area contributed by atoms with Gasteiger partial charge in [0.1, 0.15) is 24.2 Å². The molecule has 0 saturated carbocycles. The van der Waals surface area contributed by atoms with E-state index in [0.717, 1.165) is 0 Å². The van der Waals surface area contributed by atoms with Gasteiger partial charge < -0.3 is 9.84 Å². The highest BCUT2D eigenvalue weighted by Gasteiger charge is 2.15. The Bertz CT molecular complexity index is 598. The highest BCUT2D eigenvalue weighted by molar-refractivity contribution is 9.10. The fourth-order valence-electron chi connectivity index (χ4n) is 1.62. The monoisotopic (exact) mass is 325 g/mol. The summed E-state index contributed by atoms with van der Waals surface area (Å²) in [7, 11) is 0. The molecular formula is C12H12BrN3O3. The number of carbonyl (C=O) groups is 1. The van der Waals surface area contributed by atoms with Gasteiger partial charge in [-0.3, -0.25) is 0 Å². The minimum absolute atomic E-state index is 0.108. The third-order valence-electron chi connectivity index (χ3n) is 2.54. The highest BCUT2D eigenvalue weighted by atomic mass is 79.9. The molecule has 2 aromatic rings. The van der Waals surface area contributed by atoms with E-state index in [4.69, 9.17) is 9.84 Å². The molecule has 19 heavy (non-hydrogen) atoms. The lowest BCUT2D eigenvalue weighted by Crippen LogP contribution is -2.09. The summed E-state index contributed by atoms with van der Waals surface area (Å²) in [6, 6.07) is 4.87. The number of carboxylic acids is 1. The van der Waals surface area contributed by atoms with E-state index < -0.39 is 5.97 Å². The Hall–Kier alpha value is -1.89.